The number of halogens is 1. The van der Waals surface area contributed by atoms with Crippen molar-refractivity contribution in [1.82, 2.24) is 5.32 Å². The summed E-state index contributed by atoms with van der Waals surface area (Å²) in [5, 5.41) is 12.1. The molecule has 2 unspecified atom stereocenters. The molecule has 6 heteroatoms. The number of nitrogens with one attached hydrogen (secondary N) is 1. The Morgan fingerprint density at radius 2 is 1.77 bits per heavy atom. The number of carboxylic acid groups (broad SMARTS) is 1. The Balaban J connectivity index is 2.24. The number of methoxy groups -OCH3 is 1. The highest BCUT2D eigenvalue weighted by Crippen LogP contribution is 2.24. The molecule has 0 saturated carbocycles. The fraction of sp³-hybridized carbons (Fsp3) is 0.300. The molecule has 2 rings (SSSR count). The van der Waals surface area contributed by atoms with Crippen molar-refractivity contribution in [2.75, 3.05) is 7.11 Å². The number of aryl methyl sites for hydroxylation is 1. The summed E-state index contributed by atoms with van der Waals surface area (Å²) in [6, 6.07) is 9.84. The first kappa shape index (κ1) is 19.4. The van der Waals surface area contributed by atoms with Crippen molar-refractivity contribution in [1.29, 1.82) is 0 Å². The molecule has 1 amide bonds. The number of carbonyl (C=O) groups excluding carboxylic acids is 1. The van der Waals surface area contributed by atoms with Gasteiger partial charge >= 0.3 is 5.97 Å². The number of hydrogen-bond acceptors (Lipinski definition) is 3. The highest BCUT2D eigenvalue weighted by molar-refractivity contribution is 5.88. The van der Waals surface area contributed by atoms with Crippen LogP contribution in [0.25, 0.3) is 0 Å². The lowest BCUT2D eigenvalue weighted by Crippen LogP contribution is -2.37. The third kappa shape index (κ3) is 4.39. The molecule has 0 aliphatic carbocycles. The first-order valence-electron chi connectivity index (χ1n) is 8.30. The molecule has 2 N–H and O–H groups in total. The van der Waals surface area contributed by atoms with E-state index in [0.29, 0.717) is 23.3 Å². The molecule has 0 aliphatic rings. The summed E-state index contributed by atoms with van der Waals surface area (Å²) in [6.45, 7) is 3.40. The minimum absolute atomic E-state index is 0.324. The predicted octanol–water partition coefficient (Wildman–Crippen LogP) is 3.58. The molecular weight excluding hydrogens is 337 g/mol. The molecule has 0 bridgehead atoms. The number of carbonyl (C=O) groups is 2. The zero-order chi connectivity index (χ0) is 19.3. The van der Waals surface area contributed by atoms with Gasteiger partial charge < -0.3 is 15.2 Å². The van der Waals surface area contributed by atoms with Crippen LogP contribution in [0.4, 0.5) is 4.39 Å². The Kier molecular flexibility index (Phi) is 6.33. The van der Waals surface area contributed by atoms with Gasteiger partial charge in [0.1, 0.15) is 11.6 Å². The summed E-state index contributed by atoms with van der Waals surface area (Å²) >= 11 is 0. The van der Waals surface area contributed by atoms with Crippen LogP contribution in [0.15, 0.2) is 42.5 Å². The Morgan fingerprint density at radius 3 is 2.27 bits per heavy atom. The van der Waals surface area contributed by atoms with E-state index >= 15 is 0 Å². The lowest BCUT2D eigenvalue weighted by atomic mass is 9.94. The predicted molar refractivity (Wildman–Crippen MR) is 95.7 cm³/mol. The quantitative estimate of drug-likeness (QED) is 0.792. The van der Waals surface area contributed by atoms with Crippen LogP contribution < -0.4 is 10.1 Å². The number of benzene rings is 2. The Bertz CT molecular complexity index is 789. The topological polar surface area (TPSA) is 75.6 Å². The van der Waals surface area contributed by atoms with E-state index in [1.165, 1.54) is 18.2 Å². The average molecular weight is 359 g/mol. The van der Waals surface area contributed by atoms with Crippen molar-refractivity contribution in [2.45, 2.75) is 32.2 Å². The van der Waals surface area contributed by atoms with E-state index in [4.69, 9.17) is 4.74 Å². The van der Waals surface area contributed by atoms with Gasteiger partial charge in [0.25, 0.3) is 0 Å². The SMILES string of the molecule is CCC(C(=O)NC(C(=O)O)c1ccc(F)c(C)c1)c1ccc(OC)cc1. The molecule has 5 nitrogen and oxygen atoms in total. The van der Waals surface area contributed by atoms with Crippen molar-refractivity contribution in [3.05, 3.63) is 65.0 Å². The van der Waals surface area contributed by atoms with E-state index in [0.717, 1.165) is 5.56 Å². The van der Waals surface area contributed by atoms with Gasteiger partial charge in [0.15, 0.2) is 6.04 Å². The number of hydrogen-bond donors (Lipinski definition) is 2. The van der Waals surface area contributed by atoms with Crippen molar-refractivity contribution < 1.29 is 23.8 Å². The monoisotopic (exact) mass is 359 g/mol. The van der Waals surface area contributed by atoms with Crippen LogP contribution in [0.1, 0.15) is 42.0 Å². The maximum Gasteiger partial charge on any atom is 0.330 e. The van der Waals surface area contributed by atoms with Gasteiger partial charge in [0, 0.05) is 0 Å². The molecule has 0 saturated heterocycles. The first-order chi connectivity index (χ1) is 12.4. The van der Waals surface area contributed by atoms with E-state index in [1.807, 2.05) is 6.92 Å². The van der Waals surface area contributed by atoms with E-state index in [-0.39, 0.29) is 0 Å². The average Bonchev–Trinajstić information content (AvgIpc) is 2.63. The van der Waals surface area contributed by atoms with E-state index in [9.17, 15) is 19.1 Å². The van der Waals surface area contributed by atoms with Gasteiger partial charge in [-0.1, -0.05) is 31.2 Å². The van der Waals surface area contributed by atoms with Crippen LogP contribution in [0.5, 0.6) is 5.75 Å². The Hall–Kier alpha value is -2.89. The smallest absolute Gasteiger partial charge is 0.330 e. The fourth-order valence-electron chi connectivity index (χ4n) is 2.79. The third-order valence-corrected chi connectivity index (χ3v) is 4.29. The number of ether oxygens (including phenoxy) is 1. The summed E-state index contributed by atoms with van der Waals surface area (Å²) < 4.78 is 18.6. The van der Waals surface area contributed by atoms with Crippen LogP contribution in [0.3, 0.4) is 0 Å². The minimum Gasteiger partial charge on any atom is -0.497 e. The summed E-state index contributed by atoms with van der Waals surface area (Å²) in [6.07, 6.45) is 0.507. The van der Waals surface area contributed by atoms with E-state index in [2.05, 4.69) is 5.32 Å². The number of carboxylic acids is 1. The highest BCUT2D eigenvalue weighted by Gasteiger charge is 2.27. The molecule has 2 aromatic rings. The summed E-state index contributed by atoms with van der Waals surface area (Å²) in [7, 11) is 1.56. The lowest BCUT2D eigenvalue weighted by molar-refractivity contribution is -0.142. The highest BCUT2D eigenvalue weighted by atomic mass is 19.1. The molecule has 0 aliphatic heterocycles. The summed E-state index contributed by atoms with van der Waals surface area (Å²) in [4.78, 5) is 24.3. The number of rotatable bonds is 7. The van der Waals surface area contributed by atoms with Crippen LogP contribution >= 0.6 is 0 Å². The minimum atomic E-state index is -1.24. The Labute approximate surface area is 151 Å². The van der Waals surface area contributed by atoms with Gasteiger partial charge in [-0.15, -0.1) is 0 Å². The van der Waals surface area contributed by atoms with Gasteiger partial charge in [-0.25, -0.2) is 9.18 Å². The molecule has 2 atom stereocenters. The molecular formula is C20H22FNO4. The largest absolute Gasteiger partial charge is 0.497 e. The van der Waals surface area contributed by atoms with Gasteiger partial charge in [-0.05, 0) is 48.2 Å². The fourth-order valence-corrected chi connectivity index (χ4v) is 2.79. The molecule has 0 aromatic heterocycles. The van der Waals surface area contributed by atoms with E-state index in [1.54, 1.807) is 38.3 Å². The first-order valence-corrected chi connectivity index (χ1v) is 8.30. The van der Waals surface area contributed by atoms with Crippen molar-refractivity contribution in [2.24, 2.45) is 0 Å². The second-order valence-corrected chi connectivity index (χ2v) is 6.02. The summed E-state index contributed by atoms with van der Waals surface area (Å²) in [5.74, 6) is -1.84. The maximum atomic E-state index is 13.4. The molecule has 0 heterocycles. The zero-order valence-electron chi connectivity index (χ0n) is 15.0. The standard InChI is InChI=1S/C20H22FNO4/c1-4-16(13-5-8-15(26-3)9-6-13)19(23)22-18(20(24)25)14-7-10-17(21)12(2)11-14/h5-11,16,18H,4H2,1-3H3,(H,22,23)(H,24,25). The van der Waals surface area contributed by atoms with Crippen LogP contribution in [0.2, 0.25) is 0 Å². The van der Waals surface area contributed by atoms with Crippen LogP contribution in [-0.2, 0) is 9.59 Å². The van der Waals surface area contributed by atoms with Crippen molar-refractivity contribution in [3.8, 4) is 5.75 Å². The van der Waals surface area contributed by atoms with E-state index < -0.39 is 29.7 Å². The normalized spacial score (nSPS) is 12.9. The van der Waals surface area contributed by atoms with Gasteiger partial charge in [0.05, 0.1) is 13.0 Å². The molecule has 2 aromatic carbocycles. The Morgan fingerprint density at radius 1 is 1.15 bits per heavy atom. The third-order valence-electron chi connectivity index (χ3n) is 4.29. The number of aliphatic carboxylic acids is 1. The van der Waals surface area contributed by atoms with Crippen molar-refractivity contribution in [3.63, 3.8) is 0 Å². The van der Waals surface area contributed by atoms with Gasteiger partial charge in [-0.3, -0.25) is 4.79 Å². The molecule has 26 heavy (non-hydrogen) atoms. The van der Waals surface area contributed by atoms with Crippen LogP contribution in [-0.4, -0.2) is 24.1 Å². The maximum absolute atomic E-state index is 13.4. The number of amides is 1. The lowest BCUT2D eigenvalue weighted by Gasteiger charge is -2.20. The molecule has 138 valence electrons. The molecule has 0 radical (unpaired) electrons. The van der Waals surface area contributed by atoms with Gasteiger partial charge in [-0.2, -0.15) is 0 Å². The molecule has 0 spiro atoms. The second-order valence-electron chi connectivity index (χ2n) is 6.02. The van der Waals surface area contributed by atoms with Gasteiger partial charge in [0.2, 0.25) is 5.91 Å². The molecule has 0 fully saturated rings. The zero-order valence-corrected chi connectivity index (χ0v) is 15.0. The van der Waals surface area contributed by atoms with Crippen LogP contribution in [0, 0.1) is 12.7 Å². The summed E-state index contributed by atoms with van der Waals surface area (Å²) in [5.41, 5.74) is 1.42. The second kappa shape index (κ2) is 8.47. The van der Waals surface area contributed by atoms with Crippen molar-refractivity contribution >= 4 is 11.9 Å².